The molecule has 0 aromatic rings. The van der Waals surface area contributed by atoms with Crippen molar-refractivity contribution in [3.8, 4) is 0 Å². The molecule has 1 N–H and O–H groups in total. The minimum Gasteiger partial charge on any atom is -0.393 e. The highest BCUT2D eigenvalue weighted by Crippen LogP contribution is 2.65. The summed E-state index contributed by atoms with van der Waals surface area (Å²) in [6, 6.07) is 0. The molecule has 4 aliphatic rings. The Kier molecular flexibility index (Phi) is 3.10. The van der Waals surface area contributed by atoms with Gasteiger partial charge in [0.1, 0.15) is 5.78 Å². The van der Waals surface area contributed by atoms with Crippen LogP contribution < -0.4 is 0 Å². The molecule has 4 rings (SSSR count). The summed E-state index contributed by atoms with van der Waals surface area (Å²) < 4.78 is 0. The Morgan fingerprint density at radius 2 is 1.81 bits per heavy atom. The molecule has 0 aliphatic heterocycles. The zero-order valence-corrected chi connectivity index (χ0v) is 13.6. The molecule has 0 spiro atoms. The van der Waals surface area contributed by atoms with E-state index in [0.29, 0.717) is 17.1 Å². The molecule has 0 heterocycles. The van der Waals surface area contributed by atoms with Crippen molar-refractivity contribution in [2.45, 2.75) is 77.7 Å². The maximum Gasteiger partial charge on any atom is 0.139 e. The van der Waals surface area contributed by atoms with Gasteiger partial charge < -0.3 is 5.11 Å². The quantitative estimate of drug-likeness (QED) is 0.733. The first-order valence-electron chi connectivity index (χ1n) is 9.16. The lowest BCUT2D eigenvalue weighted by Gasteiger charge is -2.60. The zero-order valence-electron chi connectivity index (χ0n) is 13.6. The Hall–Kier alpha value is -0.370. The number of hydrogen-bond donors (Lipinski definition) is 1. The normalized spacial score (nSPS) is 56.5. The Balaban J connectivity index is 1.64. The van der Waals surface area contributed by atoms with Gasteiger partial charge in [0.25, 0.3) is 0 Å². The summed E-state index contributed by atoms with van der Waals surface area (Å²) in [6.45, 7) is 4.78. The number of aliphatic hydroxyl groups is 1. The van der Waals surface area contributed by atoms with Gasteiger partial charge in [-0.25, -0.2) is 0 Å². The summed E-state index contributed by atoms with van der Waals surface area (Å²) in [4.78, 5) is 12.4. The smallest absolute Gasteiger partial charge is 0.139 e. The van der Waals surface area contributed by atoms with Crippen LogP contribution in [0.15, 0.2) is 0 Å². The molecule has 0 saturated heterocycles. The topological polar surface area (TPSA) is 37.3 Å². The summed E-state index contributed by atoms with van der Waals surface area (Å²) in [5.41, 5.74) is 0.452. The minimum absolute atomic E-state index is 0.0124. The van der Waals surface area contributed by atoms with E-state index in [1.54, 1.807) is 0 Å². The lowest BCUT2D eigenvalue weighted by molar-refractivity contribution is -0.142. The van der Waals surface area contributed by atoms with E-state index < -0.39 is 0 Å². The van der Waals surface area contributed by atoms with Gasteiger partial charge in [0, 0.05) is 11.8 Å². The van der Waals surface area contributed by atoms with Gasteiger partial charge >= 0.3 is 0 Å². The van der Waals surface area contributed by atoms with Crippen molar-refractivity contribution in [1.82, 2.24) is 0 Å². The lowest BCUT2D eigenvalue weighted by atomic mass is 9.45. The van der Waals surface area contributed by atoms with Gasteiger partial charge in [0.05, 0.1) is 6.10 Å². The van der Waals surface area contributed by atoms with Crippen molar-refractivity contribution in [3.63, 3.8) is 0 Å². The van der Waals surface area contributed by atoms with Gasteiger partial charge in [0.15, 0.2) is 0 Å². The third kappa shape index (κ3) is 1.84. The monoisotopic (exact) mass is 290 g/mol. The number of rotatable bonds is 0. The highest BCUT2D eigenvalue weighted by atomic mass is 16.3. The number of aliphatic hydroxyl groups excluding tert-OH is 1. The van der Waals surface area contributed by atoms with Crippen molar-refractivity contribution in [3.05, 3.63) is 0 Å². The van der Waals surface area contributed by atoms with Crippen molar-refractivity contribution >= 4 is 5.78 Å². The highest BCUT2D eigenvalue weighted by Gasteiger charge is 2.60. The number of hydrogen-bond acceptors (Lipinski definition) is 2. The van der Waals surface area contributed by atoms with E-state index in [4.69, 9.17) is 0 Å². The molecular formula is C19H30O2. The average molecular weight is 290 g/mol. The predicted octanol–water partition coefficient (Wildman–Crippen LogP) is 3.96. The van der Waals surface area contributed by atoms with E-state index in [-0.39, 0.29) is 11.5 Å². The van der Waals surface area contributed by atoms with Crippen molar-refractivity contribution in [2.75, 3.05) is 0 Å². The summed E-state index contributed by atoms with van der Waals surface area (Å²) >= 11 is 0. The summed E-state index contributed by atoms with van der Waals surface area (Å²) in [6.07, 6.45) is 10.1. The number of Topliss-reactive ketones (excluding diaryl/α,β-unsaturated/α-hetero) is 1. The molecular weight excluding hydrogens is 260 g/mol. The Morgan fingerprint density at radius 3 is 2.62 bits per heavy atom. The molecule has 4 saturated carbocycles. The van der Waals surface area contributed by atoms with Crippen LogP contribution in [0, 0.1) is 34.5 Å². The fourth-order valence-electron chi connectivity index (χ4n) is 7.01. The number of ketones is 1. The van der Waals surface area contributed by atoms with Gasteiger partial charge in [-0.3, -0.25) is 4.79 Å². The molecule has 2 nitrogen and oxygen atoms in total. The molecule has 4 fully saturated rings. The van der Waals surface area contributed by atoms with Gasteiger partial charge in [-0.1, -0.05) is 13.8 Å². The fourth-order valence-corrected chi connectivity index (χ4v) is 7.01. The number of carbonyl (C=O) groups excluding carboxylic acids is 1. The number of fused-ring (bicyclic) bond motifs is 5. The fraction of sp³-hybridized carbons (Fsp3) is 0.947. The third-order valence-electron chi connectivity index (χ3n) is 8.35. The standard InChI is InChI=1S/C19H30O2/c1-18-9-7-13(20)11-12(18)3-4-14-15-5-6-17(21)19(15,2)10-8-16(14)18/h12-16,20H,3-11H2,1-2H3/t12?,13-,14-,15?,16?,18-,19-/m0/s1. The predicted molar refractivity (Wildman–Crippen MR) is 82.7 cm³/mol. The van der Waals surface area contributed by atoms with E-state index >= 15 is 0 Å². The largest absolute Gasteiger partial charge is 0.393 e. The van der Waals surface area contributed by atoms with Crippen LogP contribution in [-0.4, -0.2) is 17.0 Å². The molecule has 4 aliphatic carbocycles. The van der Waals surface area contributed by atoms with Crippen LogP contribution in [0.3, 0.4) is 0 Å². The van der Waals surface area contributed by atoms with Gasteiger partial charge in [-0.2, -0.15) is 0 Å². The lowest BCUT2D eigenvalue weighted by Crippen LogP contribution is -2.54. The maximum atomic E-state index is 12.4. The molecule has 7 atom stereocenters. The van der Waals surface area contributed by atoms with Gasteiger partial charge in [-0.05, 0) is 80.5 Å². The first-order chi connectivity index (χ1) is 9.95. The van der Waals surface area contributed by atoms with Crippen LogP contribution in [-0.2, 0) is 4.79 Å². The zero-order chi connectivity index (χ0) is 14.8. The SMILES string of the molecule is C[C@]12CC[C@H](O)CC1CC[C@@H]1C2CC[C@]2(C)C(=O)CCC12. The van der Waals surface area contributed by atoms with Crippen molar-refractivity contribution in [1.29, 1.82) is 0 Å². The van der Waals surface area contributed by atoms with E-state index in [0.717, 1.165) is 49.9 Å². The second-order valence-corrected chi connectivity index (χ2v) is 9.00. The van der Waals surface area contributed by atoms with Gasteiger partial charge in [-0.15, -0.1) is 0 Å². The van der Waals surface area contributed by atoms with E-state index in [1.165, 1.54) is 25.7 Å². The second-order valence-electron chi connectivity index (χ2n) is 9.00. The molecule has 0 aromatic carbocycles. The van der Waals surface area contributed by atoms with Crippen LogP contribution in [0.25, 0.3) is 0 Å². The molecule has 3 unspecified atom stereocenters. The molecule has 0 amide bonds. The van der Waals surface area contributed by atoms with Crippen LogP contribution in [0.1, 0.15) is 71.6 Å². The summed E-state index contributed by atoms with van der Waals surface area (Å²) in [5.74, 6) is 3.54. The first-order valence-corrected chi connectivity index (χ1v) is 9.16. The Morgan fingerprint density at radius 1 is 1.00 bits per heavy atom. The summed E-state index contributed by atoms with van der Waals surface area (Å²) in [5, 5.41) is 10.0. The van der Waals surface area contributed by atoms with Crippen molar-refractivity contribution < 1.29 is 9.90 Å². The summed E-state index contributed by atoms with van der Waals surface area (Å²) in [7, 11) is 0. The average Bonchev–Trinajstić information content (AvgIpc) is 2.76. The second kappa shape index (κ2) is 4.57. The van der Waals surface area contributed by atoms with E-state index in [9.17, 15) is 9.90 Å². The van der Waals surface area contributed by atoms with E-state index in [1.807, 2.05) is 0 Å². The van der Waals surface area contributed by atoms with E-state index in [2.05, 4.69) is 13.8 Å². The third-order valence-corrected chi connectivity index (χ3v) is 8.35. The van der Waals surface area contributed by atoms with Gasteiger partial charge in [0.2, 0.25) is 0 Å². The number of carbonyl (C=O) groups is 1. The van der Waals surface area contributed by atoms with Crippen LogP contribution in [0.5, 0.6) is 0 Å². The minimum atomic E-state index is -0.0541. The molecule has 0 bridgehead atoms. The van der Waals surface area contributed by atoms with Crippen LogP contribution >= 0.6 is 0 Å². The molecule has 2 heteroatoms. The van der Waals surface area contributed by atoms with Crippen LogP contribution in [0.2, 0.25) is 0 Å². The Bertz CT molecular complexity index is 458. The maximum absolute atomic E-state index is 12.4. The molecule has 0 aromatic heterocycles. The molecule has 118 valence electrons. The molecule has 0 radical (unpaired) electrons. The molecule has 21 heavy (non-hydrogen) atoms. The first kappa shape index (κ1) is 14.2. The highest BCUT2D eigenvalue weighted by molar-refractivity contribution is 5.87. The van der Waals surface area contributed by atoms with Crippen LogP contribution in [0.4, 0.5) is 0 Å². The van der Waals surface area contributed by atoms with Crippen molar-refractivity contribution in [2.24, 2.45) is 34.5 Å². The Labute approximate surface area is 128 Å².